The van der Waals surface area contributed by atoms with Crippen LogP contribution < -0.4 is 5.32 Å². The van der Waals surface area contributed by atoms with Gasteiger partial charge in [-0.25, -0.2) is 4.39 Å². The van der Waals surface area contributed by atoms with Crippen molar-refractivity contribution in [2.75, 3.05) is 5.32 Å². The molecular formula is C41H50BFN2O5. The van der Waals surface area contributed by atoms with E-state index in [2.05, 4.69) is 51.4 Å². The third-order valence-electron chi connectivity index (χ3n) is 10.1. The molecule has 0 radical (unpaired) electrons. The van der Waals surface area contributed by atoms with Crippen molar-refractivity contribution in [3.05, 3.63) is 102 Å². The van der Waals surface area contributed by atoms with E-state index in [-0.39, 0.29) is 37.0 Å². The molecule has 2 aliphatic heterocycles. The van der Waals surface area contributed by atoms with Crippen LogP contribution in [0, 0.1) is 5.82 Å². The number of hydrogen-bond donors (Lipinski definition) is 1. The number of nitrogens with zero attached hydrogens (tertiary/aromatic N) is 1. The average Bonchev–Trinajstić information content (AvgIpc) is 3.49. The molecule has 4 aromatic rings. The highest BCUT2D eigenvalue weighted by molar-refractivity contribution is 6.45. The Hall–Kier alpha value is -3.76. The summed E-state index contributed by atoms with van der Waals surface area (Å²) in [6.07, 6.45) is 1.68. The highest BCUT2D eigenvalue weighted by Crippen LogP contribution is 2.44. The summed E-state index contributed by atoms with van der Waals surface area (Å²) in [4.78, 5) is 14.4. The number of anilines is 1. The Labute approximate surface area is 296 Å². The summed E-state index contributed by atoms with van der Waals surface area (Å²) in [5.74, 6) is -1.31. The lowest BCUT2D eigenvalue weighted by Gasteiger charge is -2.41. The first-order valence-corrected chi connectivity index (χ1v) is 17.8. The fraction of sp³-hybridized carbons (Fsp3) is 0.439. The van der Waals surface area contributed by atoms with Gasteiger partial charge in [0.2, 0.25) is 0 Å². The number of benzene rings is 3. The first-order chi connectivity index (χ1) is 23.6. The van der Waals surface area contributed by atoms with Crippen LogP contribution >= 0.6 is 0 Å². The van der Waals surface area contributed by atoms with Gasteiger partial charge >= 0.3 is 7.12 Å². The summed E-state index contributed by atoms with van der Waals surface area (Å²) in [5, 5.41) is 3.16. The van der Waals surface area contributed by atoms with Crippen molar-refractivity contribution in [1.29, 1.82) is 0 Å². The van der Waals surface area contributed by atoms with Crippen molar-refractivity contribution in [2.45, 2.75) is 116 Å². The quantitative estimate of drug-likeness (QED) is 0.169. The van der Waals surface area contributed by atoms with Crippen molar-refractivity contribution in [3.8, 4) is 22.4 Å². The molecule has 0 spiro atoms. The number of amides is 1. The van der Waals surface area contributed by atoms with E-state index in [1.165, 1.54) is 12.1 Å². The zero-order valence-electron chi connectivity index (χ0n) is 30.6. The smallest absolute Gasteiger partial charge is 0.403 e. The van der Waals surface area contributed by atoms with Gasteiger partial charge in [-0.3, -0.25) is 4.79 Å². The maximum absolute atomic E-state index is 14.4. The van der Waals surface area contributed by atoms with Gasteiger partial charge in [-0.05, 0) is 108 Å². The van der Waals surface area contributed by atoms with Gasteiger partial charge in [0.25, 0.3) is 5.91 Å². The largest absolute Gasteiger partial charge is 0.460 e. The van der Waals surface area contributed by atoms with Crippen molar-refractivity contribution in [3.63, 3.8) is 0 Å². The van der Waals surface area contributed by atoms with Gasteiger partial charge in [-0.15, -0.1) is 0 Å². The molecule has 50 heavy (non-hydrogen) atoms. The zero-order chi connectivity index (χ0) is 35.8. The van der Waals surface area contributed by atoms with Crippen LogP contribution in [0.15, 0.2) is 84.9 Å². The molecule has 9 heteroatoms. The molecule has 264 valence electrons. The summed E-state index contributed by atoms with van der Waals surface area (Å²) < 4.78 is 42.2. The highest BCUT2D eigenvalue weighted by Gasteiger charge is 2.52. The van der Waals surface area contributed by atoms with Crippen molar-refractivity contribution in [2.24, 2.45) is 0 Å². The number of carbonyl (C=O) groups is 1. The number of para-hydroxylation sites is 1. The summed E-state index contributed by atoms with van der Waals surface area (Å²) in [7, 11) is -0.374. The van der Waals surface area contributed by atoms with Gasteiger partial charge < -0.3 is 28.7 Å². The van der Waals surface area contributed by atoms with Gasteiger partial charge in [-0.2, -0.15) is 0 Å². The van der Waals surface area contributed by atoms with Crippen LogP contribution in [0.5, 0.6) is 0 Å². The van der Waals surface area contributed by atoms with E-state index in [1.807, 2.05) is 74.5 Å². The van der Waals surface area contributed by atoms with Crippen LogP contribution in [-0.2, 0) is 25.3 Å². The molecule has 3 heterocycles. The first-order valence-electron chi connectivity index (χ1n) is 17.8. The van der Waals surface area contributed by atoms with Crippen LogP contribution in [-0.4, -0.2) is 46.8 Å². The average molecular weight is 681 g/mol. The molecule has 0 bridgehead atoms. The molecule has 7 nitrogen and oxygen atoms in total. The lowest BCUT2D eigenvalue weighted by molar-refractivity contribution is -0.297. The van der Waals surface area contributed by atoms with Crippen LogP contribution in [0.4, 0.5) is 10.1 Å². The first kappa shape index (κ1) is 36.0. The normalized spacial score (nSPS) is 21.0. The fourth-order valence-corrected chi connectivity index (χ4v) is 7.30. The molecular weight excluding hydrogens is 630 g/mol. The second-order valence-electron chi connectivity index (χ2n) is 15.3. The SMILES string of the molecule is CC(C)c1c(C(=O)Nc2ccccc2)c(-c2ccccc2)c(-c2ccc(F)cc2)n1CCC1C[C@H](CB2OC(C)(C)C(C)(C)O2)OC(C)(C)O1. The number of nitrogens with one attached hydrogen (secondary N) is 1. The van der Waals surface area contributed by atoms with E-state index < -0.39 is 17.0 Å². The number of halogens is 1. The monoisotopic (exact) mass is 680 g/mol. The Morgan fingerprint density at radius 3 is 2.02 bits per heavy atom. The minimum Gasteiger partial charge on any atom is -0.403 e. The minimum absolute atomic E-state index is 0.00801. The third kappa shape index (κ3) is 7.61. The summed E-state index contributed by atoms with van der Waals surface area (Å²) in [6.45, 7) is 16.9. The minimum atomic E-state index is -0.801. The third-order valence-corrected chi connectivity index (χ3v) is 10.1. The molecule has 1 aromatic heterocycles. The van der Waals surface area contributed by atoms with E-state index in [1.54, 1.807) is 12.1 Å². The van der Waals surface area contributed by atoms with Crippen LogP contribution in [0.25, 0.3) is 22.4 Å². The predicted molar refractivity (Wildman–Crippen MR) is 198 cm³/mol. The molecule has 1 N–H and O–H groups in total. The Balaban J connectivity index is 1.39. The lowest BCUT2D eigenvalue weighted by Crippen LogP contribution is -2.46. The molecule has 2 saturated heterocycles. The Morgan fingerprint density at radius 2 is 1.42 bits per heavy atom. The Kier molecular flexibility index (Phi) is 10.2. The van der Waals surface area contributed by atoms with Crippen LogP contribution in [0.1, 0.15) is 90.2 Å². The molecule has 0 saturated carbocycles. The second kappa shape index (κ2) is 14.1. The molecule has 2 atom stereocenters. The van der Waals surface area contributed by atoms with Gasteiger partial charge in [0.1, 0.15) is 5.82 Å². The number of hydrogen-bond acceptors (Lipinski definition) is 5. The zero-order valence-corrected chi connectivity index (χ0v) is 30.6. The molecule has 3 aromatic carbocycles. The molecule has 1 amide bonds. The standard InChI is InChI=1S/C41H50BFN2O5/c1-27(2)36-35(38(46)44-31-17-13-10-14-18-31)34(28-15-11-9-12-16-28)37(29-19-21-30(43)22-20-29)45(36)24-23-32-25-33(48-41(7,8)47-32)26-42-49-39(3,4)40(5,6)50-42/h9-22,27,32-33H,23-26H2,1-8H3,(H,44,46)/t32?,33-/m1/s1. The van der Waals surface area contributed by atoms with E-state index in [9.17, 15) is 9.18 Å². The predicted octanol–water partition coefficient (Wildman–Crippen LogP) is 9.73. The van der Waals surface area contributed by atoms with E-state index >= 15 is 0 Å². The maximum atomic E-state index is 14.4. The van der Waals surface area contributed by atoms with Crippen molar-refractivity contribution in [1.82, 2.24) is 4.57 Å². The van der Waals surface area contributed by atoms with Crippen LogP contribution in [0.2, 0.25) is 6.32 Å². The van der Waals surface area contributed by atoms with E-state index in [0.29, 0.717) is 37.0 Å². The molecule has 0 aliphatic carbocycles. The Bertz CT molecular complexity index is 1770. The molecule has 2 fully saturated rings. The topological polar surface area (TPSA) is 71.0 Å². The van der Waals surface area contributed by atoms with Crippen molar-refractivity contribution >= 4 is 18.7 Å². The maximum Gasteiger partial charge on any atom is 0.460 e. The molecule has 6 rings (SSSR count). The fourth-order valence-electron chi connectivity index (χ4n) is 7.30. The summed E-state index contributed by atoms with van der Waals surface area (Å²) in [5.41, 5.74) is 4.84. The second-order valence-corrected chi connectivity index (χ2v) is 15.3. The lowest BCUT2D eigenvalue weighted by atomic mass is 9.79. The highest BCUT2D eigenvalue weighted by atomic mass is 19.1. The summed E-state index contributed by atoms with van der Waals surface area (Å²) in [6, 6.07) is 26.0. The number of aromatic nitrogens is 1. The Morgan fingerprint density at radius 1 is 0.840 bits per heavy atom. The molecule has 2 aliphatic rings. The number of carbonyl (C=O) groups excluding carboxylic acids is 1. The molecule has 1 unspecified atom stereocenters. The van der Waals surface area contributed by atoms with Crippen LogP contribution in [0.3, 0.4) is 0 Å². The van der Waals surface area contributed by atoms with E-state index in [4.69, 9.17) is 18.8 Å². The number of rotatable bonds is 10. The summed E-state index contributed by atoms with van der Waals surface area (Å²) >= 11 is 0. The van der Waals surface area contributed by atoms with E-state index in [0.717, 1.165) is 28.1 Å². The van der Waals surface area contributed by atoms with Gasteiger partial charge in [0.15, 0.2) is 5.79 Å². The van der Waals surface area contributed by atoms with Gasteiger partial charge in [-0.1, -0.05) is 62.4 Å². The van der Waals surface area contributed by atoms with Gasteiger partial charge in [0.05, 0.1) is 34.7 Å². The number of ether oxygens (including phenoxy) is 2. The van der Waals surface area contributed by atoms with Crippen molar-refractivity contribution < 1.29 is 28.0 Å². The van der Waals surface area contributed by atoms with Gasteiger partial charge in [0, 0.05) is 29.8 Å².